The normalized spacial score (nSPS) is 13.8. The third-order valence-electron chi connectivity index (χ3n) is 4.31. The largest absolute Gasteiger partial charge is 0.496 e. The molecule has 1 aromatic carbocycles. The summed E-state index contributed by atoms with van der Waals surface area (Å²) >= 11 is 0. The Morgan fingerprint density at radius 2 is 2.00 bits per heavy atom. The highest BCUT2D eigenvalue weighted by Gasteiger charge is 2.16. The van der Waals surface area contributed by atoms with E-state index < -0.39 is 0 Å². The number of fused-ring (bicyclic) bond motifs is 1. The van der Waals surface area contributed by atoms with Crippen molar-refractivity contribution in [3.8, 4) is 5.75 Å². The minimum atomic E-state index is -0.00530. The van der Waals surface area contributed by atoms with Crippen molar-refractivity contribution in [3.05, 3.63) is 64.5 Å². The summed E-state index contributed by atoms with van der Waals surface area (Å²) in [7, 11) is 1.63. The summed E-state index contributed by atoms with van der Waals surface area (Å²) in [4.78, 5) is 17.2. The van der Waals surface area contributed by atoms with Gasteiger partial charge in [0.1, 0.15) is 5.75 Å². The van der Waals surface area contributed by atoms with E-state index in [2.05, 4.69) is 4.98 Å². The van der Waals surface area contributed by atoms with Crippen LogP contribution in [0.5, 0.6) is 5.75 Å². The lowest BCUT2D eigenvalue weighted by Crippen LogP contribution is -2.10. The maximum absolute atomic E-state index is 12.6. The predicted octanol–water partition coefficient (Wildman–Crippen LogP) is 4.17. The molecule has 2 aromatic rings. The van der Waals surface area contributed by atoms with Crippen molar-refractivity contribution in [3.63, 3.8) is 0 Å². The first kappa shape index (κ1) is 15.5. The predicted molar refractivity (Wildman–Crippen MR) is 92.0 cm³/mol. The molecule has 0 radical (unpaired) electrons. The van der Waals surface area contributed by atoms with Crippen LogP contribution in [0.1, 0.15) is 45.7 Å². The Morgan fingerprint density at radius 1 is 1.22 bits per heavy atom. The number of aromatic nitrogens is 1. The number of carbonyl (C=O) groups excluding carboxylic acids is 1. The number of pyridine rings is 1. The molecule has 0 amide bonds. The molecule has 0 atom stereocenters. The lowest BCUT2D eigenvalue weighted by Gasteiger charge is -2.16. The minimum Gasteiger partial charge on any atom is -0.496 e. The second-order valence-electron chi connectivity index (χ2n) is 5.87. The molecule has 0 aliphatic heterocycles. The quantitative estimate of drug-likeness (QED) is 0.628. The molecule has 23 heavy (non-hydrogen) atoms. The molecule has 0 unspecified atom stereocenters. The second kappa shape index (κ2) is 6.78. The van der Waals surface area contributed by atoms with Crippen molar-refractivity contribution in [1.82, 2.24) is 4.98 Å². The molecule has 0 saturated carbocycles. The fraction of sp³-hybridized carbons (Fsp3) is 0.300. The van der Waals surface area contributed by atoms with Crippen LogP contribution in [0.4, 0.5) is 0 Å². The first-order chi connectivity index (χ1) is 11.2. The van der Waals surface area contributed by atoms with Crippen molar-refractivity contribution in [2.75, 3.05) is 7.11 Å². The molecule has 1 heterocycles. The number of nitrogens with zero attached hydrogens (tertiary/aromatic N) is 1. The molecule has 0 spiro atoms. The average molecular weight is 307 g/mol. The number of para-hydroxylation sites is 1. The van der Waals surface area contributed by atoms with Gasteiger partial charge in [-0.1, -0.05) is 18.2 Å². The number of ketones is 1. The molecule has 1 aliphatic rings. The molecule has 3 heteroatoms. The van der Waals surface area contributed by atoms with Gasteiger partial charge in [0.25, 0.3) is 0 Å². The molecule has 1 aliphatic carbocycles. The summed E-state index contributed by atoms with van der Waals surface area (Å²) in [5, 5.41) is 0. The Bertz CT molecular complexity index is 762. The van der Waals surface area contributed by atoms with Gasteiger partial charge < -0.3 is 4.74 Å². The van der Waals surface area contributed by atoms with Gasteiger partial charge in [-0.2, -0.15) is 0 Å². The molecule has 0 fully saturated rings. The monoisotopic (exact) mass is 307 g/mol. The van der Waals surface area contributed by atoms with Gasteiger partial charge >= 0.3 is 0 Å². The third-order valence-corrected chi connectivity index (χ3v) is 4.31. The van der Waals surface area contributed by atoms with E-state index in [0.29, 0.717) is 5.56 Å². The number of benzene rings is 1. The van der Waals surface area contributed by atoms with E-state index in [1.807, 2.05) is 37.3 Å². The molecule has 0 saturated heterocycles. The van der Waals surface area contributed by atoms with E-state index in [9.17, 15) is 4.79 Å². The van der Waals surface area contributed by atoms with Crippen LogP contribution in [0.15, 0.2) is 36.4 Å². The summed E-state index contributed by atoms with van der Waals surface area (Å²) in [5.41, 5.74) is 4.82. The number of methoxy groups -OCH3 is 1. The second-order valence-corrected chi connectivity index (χ2v) is 5.87. The van der Waals surface area contributed by atoms with E-state index >= 15 is 0 Å². The lowest BCUT2D eigenvalue weighted by molar-refractivity contribution is 0.104. The molecule has 3 rings (SSSR count). The van der Waals surface area contributed by atoms with Crippen molar-refractivity contribution in [2.24, 2.45) is 0 Å². The number of hydrogen-bond donors (Lipinski definition) is 0. The van der Waals surface area contributed by atoms with Gasteiger partial charge in [0.05, 0.1) is 7.11 Å². The molecule has 3 nitrogen and oxygen atoms in total. The Hall–Kier alpha value is -2.42. The molecule has 118 valence electrons. The summed E-state index contributed by atoms with van der Waals surface area (Å²) in [5.74, 6) is 0.756. The smallest absolute Gasteiger partial charge is 0.187 e. The first-order valence-electron chi connectivity index (χ1n) is 8.04. The highest BCUT2D eigenvalue weighted by atomic mass is 16.5. The lowest BCUT2D eigenvalue weighted by atomic mass is 9.93. The fourth-order valence-corrected chi connectivity index (χ4v) is 3.05. The van der Waals surface area contributed by atoms with Crippen LogP contribution < -0.4 is 4.74 Å². The van der Waals surface area contributed by atoms with Gasteiger partial charge in [0.15, 0.2) is 5.78 Å². The Balaban J connectivity index is 1.87. The van der Waals surface area contributed by atoms with Crippen LogP contribution in [-0.2, 0) is 12.8 Å². The van der Waals surface area contributed by atoms with Crippen molar-refractivity contribution in [1.29, 1.82) is 0 Å². The molecule has 0 bridgehead atoms. The Kier molecular flexibility index (Phi) is 4.56. The zero-order valence-electron chi connectivity index (χ0n) is 13.6. The Labute approximate surface area is 137 Å². The highest BCUT2D eigenvalue weighted by molar-refractivity contribution is 6.07. The molecule has 0 N–H and O–H groups in total. The van der Waals surface area contributed by atoms with E-state index in [-0.39, 0.29) is 5.78 Å². The number of carbonyl (C=O) groups is 1. The number of rotatable bonds is 4. The van der Waals surface area contributed by atoms with Crippen molar-refractivity contribution < 1.29 is 9.53 Å². The summed E-state index contributed by atoms with van der Waals surface area (Å²) in [6.45, 7) is 1.92. The van der Waals surface area contributed by atoms with E-state index in [0.717, 1.165) is 29.8 Å². The van der Waals surface area contributed by atoms with Crippen LogP contribution >= 0.6 is 0 Å². The zero-order chi connectivity index (χ0) is 16.2. The maximum Gasteiger partial charge on any atom is 0.187 e. The zero-order valence-corrected chi connectivity index (χ0v) is 13.6. The first-order valence-corrected chi connectivity index (χ1v) is 8.04. The van der Waals surface area contributed by atoms with Gasteiger partial charge in [0.2, 0.25) is 0 Å². The number of allylic oxidation sites excluding steroid dienone is 1. The van der Waals surface area contributed by atoms with Crippen molar-refractivity contribution in [2.45, 2.75) is 32.6 Å². The summed E-state index contributed by atoms with van der Waals surface area (Å²) in [6.07, 6.45) is 7.85. The van der Waals surface area contributed by atoms with Crippen LogP contribution in [-0.4, -0.2) is 17.9 Å². The van der Waals surface area contributed by atoms with Crippen LogP contribution in [0.25, 0.3) is 6.08 Å². The van der Waals surface area contributed by atoms with Gasteiger partial charge in [-0.3, -0.25) is 9.78 Å². The fourth-order valence-electron chi connectivity index (χ4n) is 3.05. The van der Waals surface area contributed by atoms with Gasteiger partial charge in [0, 0.05) is 22.5 Å². The van der Waals surface area contributed by atoms with E-state index in [4.69, 9.17) is 4.74 Å². The number of aryl methyl sites for hydroxylation is 3. The van der Waals surface area contributed by atoms with Gasteiger partial charge in [-0.15, -0.1) is 0 Å². The number of hydrogen-bond acceptors (Lipinski definition) is 3. The van der Waals surface area contributed by atoms with Gasteiger partial charge in [-0.05, 0) is 62.5 Å². The molecular weight excluding hydrogens is 286 g/mol. The minimum absolute atomic E-state index is 0.00530. The topological polar surface area (TPSA) is 39.2 Å². The summed E-state index contributed by atoms with van der Waals surface area (Å²) < 4.78 is 5.31. The van der Waals surface area contributed by atoms with E-state index in [1.54, 1.807) is 19.3 Å². The van der Waals surface area contributed by atoms with E-state index in [1.165, 1.54) is 24.1 Å². The number of ether oxygens (including phenoxy) is 1. The van der Waals surface area contributed by atoms with Crippen LogP contribution in [0, 0.1) is 6.92 Å². The summed E-state index contributed by atoms with van der Waals surface area (Å²) in [6, 6.07) is 9.69. The molecule has 1 aromatic heterocycles. The third kappa shape index (κ3) is 3.34. The van der Waals surface area contributed by atoms with Crippen LogP contribution in [0.3, 0.4) is 0 Å². The average Bonchev–Trinajstić information content (AvgIpc) is 2.59. The van der Waals surface area contributed by atoms with Gasteiger partial charge in [-0.25, -0.2) is 0 Å². The van der Waals surface area contributed by atoms with Crippen molar-refractivity contribution >= 4 is 11.9 Å². The molecular formula is C20H21NO2. The van der Waals surface area contributed by atoms with Crippen LogP contribution in [0.2, 0.25) is 0 Å². The highest BCUT2D eigenvalue weighted by Crippen LogP contribution is 2.23. The Morgan fingerprint density at radius 3 is 2.83 bits per heavy atom. The standard InChI is InChI=1S/C20H21NO2/c1-14-17(13-16-8-3-5-9-18(16)21-14)19(22)12-11-15-7-4-6-10-20(15)23-2/h4,6-7,10-13H,3,5,8-9H2,1-2H3. The SMILES string of the molecule is COc1ccccc1C=CC(=O)c1cc2c(nc1C)CCCC2. The maximum atomic E-state index is 12.6.